The highest BCUT2D eigenvalue weighted by atomic mass is 19.1. The minimum atomic E-state index is -0.554. The van der Waals surface area contributed by atoms with E-state index in [4.69, 9.17) is 4.74 Å². The van der Waals surface area contributed by atoms with Crippen molar-refractivity contribution in [1.82, 2.24) is 25.3 Å². The molecule has 2 aliphatic rings. The number of amides is 2. The van der Waals surface area contributed by atoms with E-state index in [1.54, 1.807) is 29.2 Å². The monoisotopic (exact) mass is 549 g/mol. The van der Waals surface area contributed by atoms with E-state index in [2.05, 4.69) is 20.4 Å². The first-order valence-electron chi connectivity index (χ1n) is 13.8. The van der Waals surface area contributed by atoms with Crippen LogP contribution < -0.4 is 10.9 Å². The maximum Gasteiger partial charge on any atom is 0.407 e. The van der Waals surface area contributed by atoms with E-state index in [0.717, 1.165) is 30.3 Å². The van der Waals surface area contributed by atoms with Crippen LogP contribution in [0.25, 0.3) is 10.8 Å². The molecule has 0 aliphatic carbocycles. The molecule has 2 unspecified atom stereocenters. The largest absolute Gasteiger partial charge is 0.444 e. The summed E-state index contributed by atoms with van der Waals surface area (Å²) in [4.78, 5) is 41.8. The number of nitrogens with zero attached hydrogens (tertiary/aromatic N) is 3. The first-order chi connectivity index (χ1) is 19.1. The molecule has 0 spiro atoms. The van der Waals surface area contributed by atoms with Gasteiger partial charge in [-0.15, -0.1) is 0 Å². The highest BCUT2D eigenvalue weighted by molar-refractivity contribution is 5.95. The third-order valence-corrected chi connectivity index (χ3v) is 7.66. The van der Waals surface area contributed by atoms with E-state index in [-0.39, 0.29) is 23.1 Å². The average molecular weight is 550 g/mol. The molecule has 0 radical (unpaired) electrons. The smallest absolute Gasteiger partial charge is 0.407 e. The molecule has 3 aromatic rings. The van der Waals surface area contributed by atoms with Crippen molar-refractivity contribution in [1.29, 1.82) is 0 Å². The predicted molar refractivity (Wildman–Crippen MR) is 150 cm³/mol. The second-order valence-corrected chi connectivity index (χ2v) is 11.7. The van der Waals surface area contributed by atoms with Gasteiger partial charge in [0, 0.05) is 44.0 Å². The number of fused-ring (bicyclic) bond motifs is 2. The molecule has 2 atom stereocenters. The van der Waals surface area contributed by atoms with E-state index < -0.39 is 17.5 Å². The summed E-state index contributed by atoms with van der Waals surface area (Å²) in [6.07, 6.45) is 1.93. The van der Waals surface area contributed by atoms with Crippen molar-refractivity contribution in [3.8, 4) is 0 Å². The molecule has 2 aliphatic heterocycles. The molecule has 2 N–H and O–H groups in total. The Morgan fingerprint density at radius 1 is 1.15 bits per heavy atom. The third-order valence-electron chi connectivity index (χ3n) is 7.66. The highest BCUT2D eigenvalue weighted by Gasteiger charge is 2.41. The number of carbonyl (C=O) groups is 2. The molecular formula is C30H36FN5O4. The summed E-state index contributed by atoms with van der Waals surface area (Å²) < 4.78 is 20.3. The van der Waals surface area contributed by atoms with Gasteiger partial charge in [0.15, 0.2) is 0 Å². The van der Waals surface area contributed by atoms with Crippen molar-refractivity contribution in [3.63, 3.8) is 0 Å². The molecule has 2 amide bonds. The van der Waals surface area contributed by atoms with Gasteiger partial charge in [0.2, 0.25) is 0 Å². The van der Waals surface area contributed by atoms with Gasteiger partial charge >= 0.3 is 6.09 Å². The number of alkyl carbamates (subject to hydrolysis) is 1. The molecule has 2 saturated heterocycles. The van der Waals surface area contributed by atoms with Crippen LogP contribution in [0.5, 0.6) is 0 Å². The van der Waals surface area contributed by atoms with Crippen LogP contribution in [0.15, 0.2) is 47.3 Å². The van der Waals surface area contributed by atoms with Crippen LogP contribution in [0, 0.1) is 11.7 Å². The lowest BCUT2D eigenvalue weighted by Gasteiger charge is -2.36. The number of ether oxygens (including phenoxy) is 1. The zero-order valence-electron chi connectivity index (χ0n) is 23.2. The predicted octanol–water partition coefficient (Wildman–Crippen LogP) is 3.71. The normalized spacial score (nSPS) is 19.4. The molecule has 5 rings (SSSR count). The number of aromatic nitrogens is 2. The standard InChI is InChI=1S/C30H36FN5O4/c1-30(2,3)40-29(39)32-12-14-35-13-6-7-20-17-36(18-26(20)35)28(38)23-15-19(10-11-24(23)31)16-25-21-8-4-5-9-22(21)27(37)34-33-25/h4-5,8-11,15,20,26H,6-7,12-14,16-18H2,1-3H3,(H,32,39)(H,34,37). The number of piperidine rings is 1. The van der Waals surface area contributed by atoms with Crippen LogP contribution in [-0.4, -0.2) is 76.4 Å². The molecule has 40 heavy (non-hydrogen) atoms. The molecule has 3 heterocycles. The summed E-state index contributed by atoms with van der Waals surface area (Å²) in [5.41, 5.74) is 0.621. The topological polar surface area (TPSA) is 108 Å². The maximum absolute atomic E-state index is 15.0. The molecular weight excluding hydrogens is 513 g/mol. The number of rotatable bonds is 6. The molecule has 9 nitrogen and oxygen atoms in total. The zero-order valence-corrected chi connectivity index (χ0v) is 23.2. The first kappa shape index (κ1) is 27.8. The van der Waals surface area contributed by atoms with Crippen molar-refractivity contribution in [2.75, 3.05) is 32.7 Å². The summed E-state index contributed by atoms with van der Waals surface area (Å²) in [6.45, 7) is 8.58. The molecule has 2 fully saturated rings. The van der Waals surface area contributed by atoms with Gasteiger partial charge in [-0.05, 0) is 69.8 Å². The van der Waals surface area contributed by atoms with Crippen LogP contribution in [0.4, 0.5) is 9.18 Å². The molecule has 212 valence electrons. The number of aromatic amines is 1. The highest BCUT2D eigenvalue weighted by Crippen LogP contribution is 2.32. The van der Waals surface area contributed by atoms with Gasteiger partial charge in [0.05, 0.1) is 16.6 Å². The van der Waals surface area contributed by atoms with Gasteiger partial charge < -0.3 is 15.0 Å². The number of likely N-dealkylation sites (tertiary alicyclic amines) is 2. The fourth-order valence-corrected chi connectivity index (χ4v) is 5.85. The van der Waals surface area contributed by atoms with Gasteiger partial charge in [-0.2, -0.15) is 5.10 Å². The Hall–Kier alpha value is -3.79. The van der Waals surface area contributed by atoms with Gasteiger partial charge in [-0.25, -0.2) is 14.3 Å². The first-order valence-corrected chi connectivity index (χ1v) is 13.8. The van der Waals surface area contributed by atoms with E-state index >= 15 is 0 Å². The van der Waals surface area contributed by atoms with E-state index in [0.29, 0.717) is 49.6 Å². The lowest BCUT2D eigenvalue weighted by molar-refractivity contribution is 0.0510. The Morgan fingerprint density at radius 3 is 2.70 bits per heavy atom. The molecule has 0 saturated carbocycles. The van der Waals surface area contributed by atoms with Crippen LogP contribution in [-0.2, 0) is 11.2 Å². The summed E-state index contributed by atoms with van der Waals surface area (Å²) in [6, 6.07) is 12.0. The summed E-state index contributed by atoms with van der Waals surface area (Å²) >= 11 is 0. The van der Waals surface area contributed by atoms with Gasteiger partial charge in [0.25, 0.3) is 11.5 Å². The molecule has 10 heteroatoms. The Bertz CT molecular complexity index is 1470. The Morgan fingerprint density at radius 2 is 1.93 bits per heavy atom. The number of benzene rings is 2. The van der Waals surface area contributed by atoms with Crippen molar-refractivity contribution in [3.05, 3.63) is 75.5 Å². The molecule has 1 aromatic heterocycles. The van der Waals surface area contributed by atoms with E-state index in [1.807, 2.05) is 32.9 Å². The summed E-state index contributed by atoms with van der Waals surface area (Å²) in [5.74, 6) is -0.566. The SMILES string of the molecule is CC(C)(C)OC(=O)NCCN1CCCC2CN(C(=O)c3cc(Cc4n[nH]c(=O)c5ccccc45)ccc3F)CC21. The Labute approximate surface area is 232 Å². The van der Waals surface area contributed by atoms with Crippen LogP contribution in [0.1, 0.15) is 55.2 Å². The third kappa shape index (κ3) is 6.17. The fraction of sp³-hybridized carbons (Fsp3) is 0.467. The zero-order chi connectivity index (χ0) is 28.4. The maximum atomic E-state index is 15.0. The number of nitrogens with one attached hydrogen (secondary N) is 2. The Balaban J connectivity index is 1.26. The van der Waals surface area contributed by atoms with Gasteiger partial charge in [0.1, 0.15) is 11.4 Å². The molecule has 2 aromatic carbocycles. The van der Waals surface area contributed by atoms with Crippen molar-refractivity contribution in [2.45, 2.75) is 51.7 Å². The van der Waals surface area contributed by atoms with Gasteiger partial charge in [-0.3, -0.25) is 14.5 Å². The summed E-state index contributed by atoms with van der Waals surface area (Å²) in [7, 11) is 0. The minimum Gasteiger partial charge on any atom is -0.444 e. The quantitative estimate of drug-likeness (QED) is 0.486. The van der Waals surface area contributed by atoms with Crippen LogP contribution in [0.3, 0.4) is 0 Å². The number of H-pyrrole nitrogens is 1. The van der Waals surface area contributed by atoms with Crippen molar-refractivity contribution < 1.29 is 18.7 Å². The number of halogens is 1. The minimum absolute atomic E-state index is 0.0445. The van der Waals surface area contributed by atoms with Crippen molar-refractivity contribution in [2.24, 2.45) is 5.92 Å². The van der Waals surface area contributed by atoms with Crippen LogP contribution in [0.2, 0.25) is 0 Å². The van der Waals surface area contributed by atoms with E-state index in [1.165, 1.54) is 6.07 Å². The van der Waals surface area contributed by atoms with Gasteiger partial charge in [-0.1, -0.05) is 24.3 Å². The Kier molecular flexibility index (Phi) is 7.89. The van der Waals surface area contributed by atoms with E-state index in [9.17, 15) is 18.8 Å². The average Bonchev–Trinajstić information content (AvgIpc) is 3.35. The second-order valence-electron chi connectivity index (χ2n) is 11.7. The number of hydrogen-bond donors (Lipinski definition) is 2. The lowest BCUT2D eigenvalue weighted by atomic mass is 9.92. The lowest BCUT2D eigenvalue weighted by Crippen LogP contribution is -2.48. The number of hydrogen-bond acceptors (Lipinski definition) is 6. The molecule has 0 bridgehead atoms. The second kappa shape index (κ2) is 11.4. The van der Waals surface area contributed by atoms with Crippen molar-refractivity contribution >= 4 is 22.8 Å². The number of carbonyl (C=O) groups excluding carboxylic acids is 2. The fourth-order valence-electron chi connectivity index (χ4n) is 5.85. The summed E-state index contributed by atoms with van der Waals surface area (Å²) in [5, 5.41) is 10.8. The van der Waals surface area contributed by atoms with Crippen LogP contribution >= 0.6 is 0 Å².